The molecule has 18 heavy (non-hydrogen) atoms. The second-order valence-electron chi connectivity index (χ2n) is 5.75. The fourth-order valence-electron chi connectivity index (χ4n) is 2.86. The van der Waals surface area contributed by atoms with Crippen molar-refractivity contribution in [2.24, 2.45) is 0 Å². The van der Waals surface area contributed by atoms with Crippen LogP contribution in [0.15, 0.2) is 12.1 Å². The number of nitrogens with zero attached hydrogens (tertiary/aromatic N) is 1. The van der Waals surface area contributed by atoms with Crippen molar-refractivity contribution in [1.29, 1.82) is 0 Å². The van der Waals surface area contributed by atoms with Gasteiger partial charge in [0.25, 0.3) is 0 Å². The minimum Gasteiger partial charge on any atom is -0.370 e. The topological polar surface area (TPSA) is 24.9 Å². The number of anilines is 1. The highest BCUT2D eigenvalue weighted by Gasteiger charge is 2.26. The molecular formula is C16H26N2. The normalized spacial score (nSPS) is 18.4. The van der Waals surface area contributed by atoms with E-state index in [9.17, 15) is 0 Å². The monoisotopic (exact) mass is 246 g/mol. The van der Waals surface area contributed by atoms with Gasteiger partial charge < -0.3 is 5.32 Å². The van der Waals surface area contributed by atoms with E-state index in [1.54, 1.807) is 0 Å². The van der Waals surface area contributed by atoms with Gasteiger partial charge in [-0.2, -0.15) is 0 Å². The van der Waals surface area contributed by atoms with Gasteiger partial charge in [-0.25, -0.2) is 4.98 Å². The predicted molar refractivity (Wildman–Crippen MR) is 78.2 cm³/mol. The molecule has 100 valence electrons. The summed E-state index contributed by atoms with van der Waals surface area (Å²) < 4.78 is 0. The molecule has 1 N–H and O–H groups in total. The van der Waals surface area contributed by atoms with Gasteiger partial charge in [0, 0.05) is 17.7 Å². The van der Waals surface area contributed by atoms with E-state index in [1.165, 1.54) is 43.4 Å². The van der Waals surface area contributed by atoms with Gasteiger partial charge in [0.15, 0.2) is 0 Å². The quantitative estimate of drug-likeness (QED) is 0.857. The highest BCUT2D eigenvalue weighted by molar-refractivity contribution is 5.46. The molecule has 1 atom stereocenters. The van der Waals surface area contributed by atoms with Crippen molar-refractivity contribution < 1.29 is 0 Å². The van der Waals surface area contributed by atoms with Crippen molar-refractivity contribution >= 4 is 5.82 Å². The highest BCUT2D eigenvalue weighted by Crippen LogP contribution is 2.33. The highest BCUT2D eigenvalue weighted by atomic mass is 15.0. The summed E-state index contributed by atoms with van der Waals surface area (Å²) in [6.45, 7) is 7.95. The maximum Gasteiger partial charge on any atom is 0.129 e. The van der Waals surface area contributed by atoms with Crippen molar-refractivity contribution in [2.75, 3.05) is 11.9 Å². The molecule has 0 bridgehead atoms. The third-order valence-corrected chi connectivity index (χ3v) is 4.34. The lowest BCUT2D eigenvalue weighted by Crippen LogP contribution is -2.23. The molecule has 1 aromatic rings. The molecule has 0 saturated heterocycles. The zero-order valence-electron chi connectivity index (χ0n) is 12.1. The van der Waals surface area contributed by atoms with E-state index in [2.05, 4.69) is 38.2 Å². The molecule has 0 radical (unpaired) electrons. The summed E-state index contributed by atoms with van der Waals surface area (Å²) in [7, 11) is 0. The molecule has 0 amide bonds. The Labute approximate surface area is 111 Å². The standard InChI is InChI=1S/C16H26N2/c1-4-11-16(3,5-2)14-10-9-13-8-6-7-12-17-15(13)18-14/h9-10H,4-8,11-12H2,1-3H3,(H,17,18). The molecule has 0 aliphatic carbocycles. The number of nitrogens with one attached hydrogen (secondary N) is 1. The fourth-order valence-corrected chi connectivity index (χ4v) is 2.86. The molecule has 2 nitrogen and oxygen atoms in total. The smallest absolute Gasteiger partial charge is 0.129 e. The Balaban J connectivity index is 2.31. The predicted octanol–water partition coefficient (Wildman–Crippen LogP) is 4.30. The van der Waals surface area contributed by atoms with Crippen LogP contribution in [-0.2, 0) is 11.8 Å². The van der Waals surface area contributed by atoms with Gasteiger partial charge >= 0.3 is 0 Å². The Kier molecular flexibility index (Phi) is 4.26. The first-order valence-corrected chi connectivity index (χ1v) is 7.44. The van der Waals surface area contributed by atoms with Crippen LogP contribution in [0.25, 0.3) is 0 Å². The van der Waals surface area contributed by atoms with Crippen LogP contribution in [0.4, 0.5) is 5.82 Å². The molecule has 0 fully saturated rings. The number of fused-ring (bicyclic) bond motifs is 1. The van der Waals surface area contributed by atoms with Crippen LogP contribution in [-0.4, -0.2) is 11.5 Å². The first-order valence-electron chi connectivity index (χ1n) is 7.44. The van der Waals surface area contributed by atoms with Gasteiger partial charge in [0.1, 0.15) is 5.82 Å². The van der Waals surface area contributed by atoms with Crippen LogP contribution < -0.4 is 5.32 Å². The fraction of sp³-hybridized carbons (Fsp3) is 0.688. The van der Waals surface area contributed by atoms with Crippen molar-refractivity contribution in [1.82, 2.24) is 4.98 Å². The molecule has 1 aromatic heterocycles. The van der Waals surface area contributed by atoms with Crippen LogP contribution >= 0.6 is 0 Å². The van der Waals surface area contributed by atoms with Crippen molar-refractivity contribution in [3.63, 3.8) is 0 Å². The average molecular weight is 246 g/mol. The third kappa shape index (κ3) is 2.68. The lowest BCUT2D eigenvalue weighted by molar-refractivity contribution is 0.402. The van der Waals surface area contributed by atoms with Crippen LogP contribution in [0.3, 0.4) is 0 Å². The molecule has 2 rings (SSSR count). The van der Waals surface area contributed by atoms with Crippen LogP contribution in [0.1, 0.15) is 64.1 Å². The second kappa shape index (κ2) is 5.73. The van der Waals surface area contributed by atoms with Gasteiger partial charge in [-0.3, -0.25) is 0 Å². The summed E-state index contributed by atoms with van der Waals surface area (Å²) >= 11 is 0. The third-order valence-electron chi connectivity index (χ3n) is 4.34. The number of hydrogen-bond donors (Lipinski definition) is 1. The van der Waals surface area contributed by atoms with Crippen LogP contribution in [0.2, 0.25) is 0 Å². The average Bonchev–Trinajstić information content (AvgIpc) is 2.63. The molecular weight excluding hydrogens is 220 g/mol. The minimum absolute atomic E-state index is 0.234. The first-order chi connectivity index (χ1) is 8.69. The number of aryl methyl sites for hydroxylation is 1. The Hall–Kier alpha value is -1.05. The maximum atomic E-state index is 4.92. The number of aromatic nitrogens is 1. The molecule has 2 heteroatoms. The van der Waals surface area contributed by atoms with Gasteiger partial charge in [-0.05, 0) is 43.7 Å². The molecule has 1 unspecified atom stereocenters. The number of rotatable bonds is 4. The summed E-state index contributed by atoms with van der Waals surface area (Å²) in [4.78, 5) is 4.92. The zero-order chi connectivity index (χ0) is 13.0. The largest absolute Gasteiger partial charge is 0.370 e. The van der Waals surface area contributed by atoms with E-state index < -0.39 is 0 Å². The molecule has 0 saturated carbocycles. The van der Waals surface area contributed by atoms with Crippen LogP contribution in [0, 0.1) is 0 Å². The summed E-state index contributed by atoms with van der Waals surface area (Å²) in [5, 5.41) is 3.49. The Morgan fingerprint density at radius 3 is 2.83 bits per heavy atom. The van der Waals surface area contributed by atoms with Crippen molar-refractivity contribution in [3.05, 3.63) is 23.4 Å². The molecule has 1 aliphatic rings. The van der Waals surface area contributed by atoms with E-state index in [-0.39, 0.29) is 5.41 Å². The molecule has 0 spiro atoms. The first kappa shape index (κ1) is 13.4. The summed E-state index contributed by atoms with van der Waals surface area (Å²) in [6.07, 6.45) is 7.30. The molecule has 2 heterocycles. The Bertz CT molecular complexity index is 400. The SMILES string of the molecule is CCCC(C)(CC)c1ccc2c(n1)NCCCC2. The summed E-state index contributed by atoms with van der Waals surface area (Å²) in [5.41, 5.74) is 2.89. The number of pyridine rings is 1. The van der Waals surface area contributed by atoms with Crippen LogP contribution in [0.5, 0.6) is 0 Å². The van der Waals surface area contributed by atoms with E-state index in [0.717, 1.165) is 18.8 Å². The van der Waals surface area contributed by atoms with E-state index in [4.69, 9.17) is 4.98 Å². The van der Waals surface area contributed by atoms with Crippen molar-refractivity contribution in [2.45, 2.75) is 64.7 Å². The van der Waals surface area contributed by atoms with Gasteiger partial charge in [-0.1, -0.05) is 33.3 Å². The second-order valence-corrected chi connectivity index (χ2v) is 5.75. The Morgan fingerprint density at radius 1 is 1.28 bits per heavy atom. The Morgan fingerprint density at radius 2 is 2.11 bits per heavy atom. The zero-order valence-corrected chi connectivity index (χ0v) is 12.1. The minimum atomic E-state index is 0.234. The lowest BCUT2D eigenvalue weighted by atomic mass is 9.79. The maximum absolute atomic E-state index is 4.92. The van der Waals surface area contributed by atoms with E-state index >= 15 is 0 Å². The van der Waals surface area contributed by atoms with E-state index in [1.807, 2.05) is 0 Å². The molecule has 0 aromatic carbocycles. The summed E-state index contributed by atoms with van der Waals surface area (Å²) in [5.74, 6) is 1.14. The van der Waals surface area contributed by atoms with Crippen molar-refractivity contribution in [3.8, 4) is 0 Å². The van der Waals surface area contributed by atoms with Gasteiger partial charge in [0.05, 0.1) is 0 Å². The lowest BCUT2D eigenvalue weighted by Gasteiger charge is -2.28. The van der Waals surface area contributed by atoms with Gasteiger partial charge in [-0.15, -0.1) is 0 Å². The number of hydrogen-bond acceptors (Lipinski definition) is 2. The summed E-state index contributed by atoms with van der Waals surface area (Å²) in [6, 6.07) is 4.55. The molecule has 1 aliphatic heterocycles. The van der Waals surface area contributed by atoms with E-state index in [0.29, 0.717) is 0 Å². The van der Waals surface area contributed by atoms with Gasteiger partial charge in [0.2, 0.25) is 0 Å².